The molecule has 0 aromatic rings. The zero-order valence-electron chi connectivity index (χ0n) is 12.3. The molecule has 2 atom stereocenters. The number of urea groups is 1. The van der Waals surface area contributed by atoms with Gasteiger partial charge in [0.05, 0.1) is 5.54 Å². The zero-order valence-corrected chi connectivity index (χ0v) is 12.3. The van der Waals surface area contributed by atoms with Crippen molar-refractivity contribution in [3.8, 4) is 0 Å². The van der Waals surface area contributed by atoms with Crippen LogP contribution in [-0.2, 0) is 4.79 Å². The van der Waals surface area contributed by atoms with Crippen molar-refractivity contribution in [1.29, 1.82) is 0 Å². The number of hydrogen-bond acceptors (Lipinski definition) is 3. The highest BCUT2D eigenvalue weighted by molar-refractivity contribution is 5.86. The number of nitrogens with one attached hydrogen (secondary N) is 2. The lowest BCUT2D eigenvalue weighted by atomic mass is 9.88. The molecule has 2 aliphatic rings. The number of carbonyl (C=O) groups excluding carboxylic acids is 2. The van der Waals surface area contributed by atoms with Crippen LogP contribution in [0.5, 0.6) is 0 Å². The maximum Gasteiger partial charge on any atom is 0.312 e. The molecule has 20 heavy (non-hydrogen) atoms. The van der Waals surface area contributed by atoms with E-state index in [1.54, 1.807) is 0 Å². The Bertz CT molecular complexity index is 366. The highest BCUT2D eigenvalue weighted by Crippen LogP contribution is 2.24. The smallest absolute Gasteiger partial charge is 0.312 e. The number of likely N-dealkylation sites (tertiary alicyclic amines) is 1. The van der Waals surface area contributed by atoms with Crippen LogP contribution in [0.1, 0.15) is 39.0 Å². The minimum absolute atomic E-state index is 0.209. The first-order chi connectivity index (χ1) is 9.51. The molecule has 2 fully saturated rings. The summed E-state index contributed by atoms with van der Waals surface area (Å²) in [4.78, 5) is 25.4. The Morgan fingerprint density at radius 3 is 2.85 bits per heavy atom. The Labute approximate surface area is 120 Å². The number of amides is 3. The van der Waals surface area contributed by atoms with E-state index in [4.69, 9.17) is 5.73 Å². The van der Waals surface area contributed by atoms with Crippen LogP contribution in [0.4, 0.5) is 4.79 Å². The van der Waals surface area contributed by atoms with Crippen molar-refractivity contribution in [1.82, 2.24) is 15.5 Å². The molecule has 0 aromatic carbocycles. The summed E-state index contributed by atoms with van der Waals surface area (Å²) >= 11 is 0. The Balaban J connectivity index is 1.90. The van der Waals surface area contributed by atoms with Crippen molar-refractivity contribution in [2.24, 2.45) is 11.7 Å². The van der Waals surface area contributed by atoms with Crippen molar-refractivity contribution in [3.63, 3.8) is 0 Å². The summed E-state index contributed by atoms with van der Waals surface area (Å²) < 4.78 is 0. The fraction of sp³-hybridized carbons (Fsp3) is 0.857. The average molecular weight is 282 g/mol. The van der Waals surface area contributed by atoms with E-state index in [1.165, 1.54) is 0 Å². The summed E-state index contributed by atoms with van der Waals surface area (Å²) in [6, 6.07) is -0.491. The van der Waals surface area contributed by atoms with E-state index in [2.05, 4.69) is 10.6 Å². The van der Waals surface area contributed by atoms with Crippen molar-refractivity contribution in [2.75, 3.05) is 26.2 Å². The zero-order chi connectivity index (χ0) is 14.6. The number of carbonyl (C=O) groups is 2. The highest BCUT2D eigenvalue weighted by atomic mass is 16.2. The molecule has 3 amide bonds. The lowest BCUT2D eigenvalue weighted by Crippen LogP contribution is -2.59. The Kier molecular flexibility index (Phi) is 4.86. The fourth-order valence-corrected chi connectivity index (χ4v) is 3.25. The molecule has 6 heteroatoms. The molecule has 2 aliphatic heterocycles. The topological polar surface area (TPSA) is 87.5 Å². The van der Waals surface area contributed by atoms with E-state index in [0.717, 1.165) is 51.7 Å². The third-order valence-electron chi connectivity index (χ3n) is 4.46. The van der Waals surface area contributed by atoms with Gasteiger partial charge in [0.25, 0.3) is 0 Å². The van der Waals surface area contributed by atoms with Crippen LogP contribution in [-0.4, -0.2) is 48.6 Å². The van der Waals surface area contributed by atoms with Gasteiger partial charge in [-0.05, 0) is 51.5 Å². The highest BCUT2D eigenvalue weighted by Gasteiger charge is 2.38. The molecule has 0 bridgehead atoms. The summed E-state index contributed by atoms with van der Waals surface area (Å²) in [6.45, 7) is 5.03. The Morgan fingerprint density at radius 2 is 2.20 bits per heavy atom. The summed E-state index contributed by atoms with van der Waals surface area (Å²) in [6.07, 6.45) is 5.19. The molecule has 0 aromatic heterocycles. The number of primary amides is 1. The van der Waals surface area contributed by atoms with Crippen molar-refractivity contribution >= 4 is 11.9 Å². The molecule has 114 valence electrons. The minimum atomic E-state index is -0.491. The standard InChI is InChI=1S/C14H26N4O2/c1-14(6-2-3-7-17-14)12(19)18-8-4-5-11(10-18)9-16-13(15)20/h11,17H,2-10H2,1H3,(H3,15,16,20). The second-order valence-electron chi connectivity index (χ2n) is 6.22. The largest absolute Gasteiger partial charge is 0.352 e. The third-order valence-corrected chi connectivity index (χ3v) is 4.46. The molecular formula is C14H26N4O2. The minimum Gasteiger partial charge on any atom is -0.352 e. The first-order valence-electron chi connectivity index (χ1n) is 7.59. The van der Waals surface area contributed by atoms with E-state index in [-0.39, 0.29) is 5.91 Å². The summed E-state index contributed by atoms with van der Waals surface area (Å²) in [5.41, 5.74) is 4.70. The van der Waals surface area contributed by atoms with Gasteiger partial charge in [0, 0.05) is 19.6 Å². The second kappa shape index (κ2) is 6.43. The first-order valence-corrected chi connectivity index (χ1v) is 7.59. The fourth-order valence-electron chi connectivity index (χ4n) is 3.25. The molecular weight excluding hydrogens is 256 g/mol. The molecule has 4 N–H and O–H groups in total. The Hall–Kier alpha value is -1.30. The number of nitrogens with zero attached hydrogens (tertiary/aromatic N) is 1. The normalized spacial score (nSPS) is 30.9. The van der Waals surface area contributed by atoms with E-state index >= 15 is 0 Å². The van der Waals surface area contributed by atoms with E-state index in [1.807, 2.05) is 11.8 Å². The summed E-state index contributed by atoms with van der Waals surface area (Å²) in [5.74, 6) is 0.522. The van der Waals surface area contributed by atoms with Gasteiger partial charge in [0.1, 0.15) is 0 Å². The van der Waals surface area contributed by atoms with E-state index in [0.29, 0.717) is 12.5 Å². The van der Waals surface area contributed by atoms with Crippen LogP contribution >= 0.6 is 0 Å². The lowest BCUT2D eigenvalue weighted by Gasteiger charge is -2.41. The predicted molar refractivity (Wildman–Crippen MR) is 77.1 cm³/mol. The molecule has 2 heterocycles. The van der Waals surface area contributed by atoms with Gasteiger partial charge in [-0.2, -0.15) is 0 Å². The van der Waals surface area contributed by atoms with Crippen LogP contribution in [0.2, 0.25) is 0 Å². The molecule has 2 unspecified atom stereocenters. The molecule has 0 spiro atoms. The van der Waals surface area contributed by atoms with Gasteiger partial charge in [-0.1, -0.05) is 0 Å². The number of rotatable bonds is 3. The van der Waals surface area contributed by atoms with Gasteiger partial charge < -0.3 is 21.3 Å². The van der Waals surface area contributed by atoms with Crippen LogP contribution in [0, 0.1) is 5.92 Å². The number of piperidine rings is 2. The van der Waals surface area contributed by atoms with Gasteiger partial charge in [0.15, 0.2) is 0 Å². The van der Waals surface area contributed by atoms with Crippen LogP contribution in [0.15, 0.2) is 0 Å². The molecule has 0 radical (unpaired) electrons. The first kappa shape index (κ1) is 15.1. The molecule has 2 rings (SSSR count). The SMILES string of the molecule is CC1(C(=O)N2CCCC(CNC(N)=O)C2)CCCCN1. The van der Waals surface area contributed by atoms with Gasteiger partial charge >= 0.3 is 6.03 Å². The third kappa shape index (κ3) is 3.62. The molecule has 6 nitrogen and oxygen atoms in total. The maximum atomic E-state index is 12.7. The molecule has 2 saturated heterocycles. The van der Waals surface area contributed by atoms with E-state index in [9.17, 15) is 9.59 Å². The average Bonchev–Trinajstić information content (AvgIpc) is 2.45. The van der Waals surface area contributed by atoms with Gasteiger partial charge in [-0.25, -0.2) is 4.79 Å². The van der Waals surface area contributed by atoms with Crippen LogP contribution in [0.3, 0.4) is 0 Å². The predicted octanol–water partition coefficient (Wildman–Crippen LogP) is 0.426. The number of nitrogens with two attached hydrogens (primary N) is 1. The van der Waals surface area contributed by atoms with Crippen molar-refractivity contribution in [3.05, 3.63) is 0 Å². The van der Waals surface area contributed by atoms with E-state index < -0.39 is 11.6 Å². The summed E-state index contributed by atoms with van der Waals surface area (Å²) in [7, 11) is 0. The van der Waals surface area contributed by atoms with Crippen LogP contribution in [0.25, 0.3) is 0 Å². The number of hydrogen-bond donors (Lipinski definition) is 3. The second-order valence-corrected chi connectivity index (χ2v) is 6.22. The van der Waals surface area contributed by atoms with Crippen molar-refractivity contribution in [2.45, 2.75) is 44.6 Å². The van der Waals surface area contributed by atoms with Gasteiger partial charge in [-0.15, -0.1) is 0 Å². The van der Waals surface area contributed by atoms with Crippen molar-refractivity contribution < 1.29 is 9.59 Å². The van der Waals surface area contributed by atoms with Crippen LogP contribution < -0.4 is 16.4 Å². The summed E-state index contributed by atoms with van der Waals surface area (Å²) in [5, 5.41) is 6.03. The van der Waals surface area contributed by atoms with Gasteiger partial charge in [0.2, 0.25) is 5.91 Å². The van der Waals surface area contributed by atoms with Gasteiger partial charge in [-0.3, -0.25) is 4.79 Å². The maximum absolute atomic E-state index is 12.7. The molecule has 0 saturated carbocycles. The monoisotopic (exact) mass is 282 g/mol. The quantitative estimate of drug-likeness (QED) is 0.701. The lowest BCUT2D eigenvalue weighted by molar-refractivity contribution is -0.140. The Morgan fingerprint density at radius 1 is 1.40 bits per heavy atom. The molecule has 0 aliphatic carbocycles.